The molecular weight excluding hydrogens is 601 g/mol. The Balaban J connectivity index is 2.10. The van der Waals surface area contributed by atoms with Crippen LogP contribution in [0.25, 0.3) is 0 Å². The average Bonchev–Trinajstić information content (AvgIpc) is 2.99. The van der Waals surface area contributed by atoms with E-state index in [1.807, 2.05) is 6.92 Å². The summed E-state index contributed by atoms with van der Waals surface area (Å²) in [6.07, 6.45) is 1.65. The van der Waals surface area contributed by atoms with Gasteiger partial charge in [0.1, 0.15) is 24.1 Å². The monoisotopic (exact) mass is 635 g/mol. The zero-order valence-electron chi connectivity index (χ0n) is 24.0. The maximum atomic E-state index is 14.1. The number of hydrogen-bond donors (Lipinski definition) is 1. The Kier molecular flexibility index (Phi) is 11.9. The van der Waals surface area contributed by atoms with E-state index < -0.39 is 28.5 Å². The molecule has 0 heterocycles. The number of benzene rings is 3. The zero-order valence-corrected chi connectivity index (χ0v) is 26.3. The number of nitrogens with one attached hydrogen (secondary N) is 1. The minimum absolute atomic E-state index is 0.0275. The summed E-state index contributed by atoms with van der Waals surface area (Å²) in [6.45, 7) is 3.33. The van der Waals surface area contributed by atoms with E-state index >= 15 is 0 Å². The number of anilines is 1. The molecule has 0 radical (unpaired) electrons. The van der Waals surface area contributed by atoms with Crippen LogP contribution >= 0.6 is 23.2 Å². The summed E-state index contributed by atoms with van der Waals surface area (Å²) >= 11 is 12.5. The lowest BCUT2D eigenvalue weighted by Gasteiger charge is -2.32. The van der Waals surface area contributed by atoms with Gasteiger partial charge in [0.2, 0.25) is 11.8 Å². The van der Waals surface area contributed by atoms with Gasteiger partial charge in [-0.2, -0.15) is 0 Å². The molecular formula is C30H35Cl2N3O6S. The van der Waals surface area contributed by atoms with Gasteiger partial charge in [0, 0.05) is 29.2 Å². The molecule has 0 spiro atoms. The first-order valence-electron chi connectivity index (χ1n) is 13.3. The van der Waals surface area contributed by atoms with Crippen molar-refractivity contribution in [3.8, 4) is 11.5 Å². The molecule has 226 valence electrons. The van der Waals surface area contributed by atoms with Gasteiger partial charge in [0.25, 0.3) is 10.0 Å². The summed E-state index contributed by atoms with van der Waals surface area (Å²) in [6, 6.07) is 16.3. The van der Waals surface area contributed by atoms with E-state index in [0.717, 1.165) is 17.1 Å². The molecule has 0 aromatic heterocycles. The predicted molar refractivity (Wildman–Crippen MR) is 165 cm³/mol. The second-order valence-electron chi connectivity index (χ2n) is 9.44. The number of ether oxygens (including phenoxy) is 2. The van der Waals surface area contributed by atoms with Crippen LogP contribution in [0, 0.1) is 0 Å². The van der Waals surface area contributed by atoms with Crippen molar-refractivity contribution in [3.05, 3.63) is 82.3 Å². The lowest BCUT2D eigenvalue weighted by atomic mass is 10.1. The number of carbonyl (C=O) groups excluding carboxylic acids is 2. The molecule has 0 bridgehead atoms. The number of carbonyl (C=O) groups is 2. The molecule has 3 rings (SSSR count). The highest BCUT2D eigenvalue weighted by molar-refractivity contribution is 7.92. The summed E-state index contributed by atoms with van der Waals surface area (Å²) in [4.78, 5) is 28.5. The van der Waals surface area contributed by atoms with Gasteiger partial charge in [-0.05, 0) is 55.3 Å². The van der Waals surface area contributed by atoms with Gasteiger partial charge in [-0.3, -0.25) is 13.9 Å². The maximum absolute atomic E-state index is 14.1. The van der Waals surface area contributed by atoms with Crippen LogP contribution in [0.2, 0.25) is 10.0 Å². The van der Waals surface area contributed by atoms with Crippen molar-refractivity contribution in [2.24, 2.45) is 0 Å². The molecule has 12 heteroatoms. The SMILES string of the molecule is CCCCNC(=O)[C@H](C)N(Cc1ccc(Cl)cc1Cl)C(=O)CN(c1cc(OC)ccc1OC)S(=O)(=O)c1ccccc1. The predicted octanol–water partition coefficient (Wildman–Crippen LogP) is 5.54. The Labute approximate surface area is 257 Å². The zero-order chi connectivity index (χ0) is 30.9. The van der Waals surface area contributed by atoms with Crippen molar-refractivity contribution in [3.63, 3.8) is 0 Å². The van der Waals surface area contributed by atoms with Crippen LogP contribution in [0.4, 0.5) is 5.69 Å². The number of unbranched alkanes of at least 4 members (excludes halogenated alkanes) is 1. The molecule has 0 aliphatic heterocycles. The Hall–Kier alpha value is -3.47. The number of methoxy groups -OCH3 is 2. The van der Waals surface area contributed by atoms with Crippen LogP contribution in [0.15, 0.2) is 71.6 Å². The third-order valence-corrected chi connectivity index (χ3v) is 8.98. The summed E-state index contributed by atoms with van der Waals surface area (Å²) in [7, 11) is -1.44. The highest BCUT2D eigenvalue weighted by Gasteiger charge is 2.34. The largest absolute Gasteiger partial charge is 0.497 e. The quantitative estimate of drug-likeness (QED) is 0.233. The Morgan fingerprint density at radius 2 is 1.69 bits per heavy atom. The summed E-state index contributed by atoms with van der Waals surface area (Å²) in [5.74, 6) is -0.442. The lowest BCUT2D eigenvalue weighted by Crippen LogP contribution is -2.51. The number of amides is 2. The maximum Gasteiger partial charge on any atom is 0.264 e. The number of rotatable bonds is 14. The molecule has 0 fully saturated rings. The van der Waals surface area contributed by atoms with E-state index in [0.29, 0.717) is 27.9 Å². The van der Waals surface area contributed by atoms with Crippen LogP contribution in [-0.4, -0.2) is 58.5 Å². The van der Waals surface area contributed by atoms with Gasteiger partial charge >= 0.3 is 0 Å². The smallest absolute Gasteiger partial charge is 0.264 e. The molecule has 3 aromatic rings. The average molecular weight is 637 g/mol. The van der Waals surface area contributed by atoms with Crippen LogP contribution in [0.1, 0.15) is 32.3 Å². The second kappa shape index (κ2) is 15.1. The fourth-order valence-corrected chi connectivity index (χ4v) is 6.08. The van der Waals surface area contributed by atoms with E-state index in [9.17, 15) is 18.0 Å². The molecule has 0 saturated carbocycles. The third-order valence-electron chi connectivity index (χ3n) is 6.62. The van der Waals surface area contributed by atoms with Crippen molar-refractivity contribution in [1.29, 1.82) is 0 Å². The molecule has 3 aromatic carbocycles. The molecule has 0 aliphatic carbocycles. The first-order valence-corrected chi connectivity index (χ1v) is 15.5. The highest BCUT2D eigenvalue weighted by Crippen LogP contribution is 2.36. The van der Waals surface area contributed by atoms with E-state index in [1.165, 1.54) is 37.3 Å². The molecule has 9 nitrogen and oxygen atoms in total. The summed E-state index contributed by atoms with van der Waals surface area (Å²) < 4.78 is 39.8. The molecule has 2 amide bonds. The van der Waals surface area contributed by atoms with Crippen LogP contribution < -0.4 is 19.1 Å². The van der Waals surface area contributed by atoms with Crippen LogP contribution in [0.5, 0.6) is 11.5 Å². The molecule has 0 aliphatic rings. The lowest BCUT2D eigenvalue weighted by molar-refractivity contribution is -0.139. The van der Waals surface area contributed by atoms with Gasteiger partial charge in [0.15, 0.2) is 0 Å². The van der Waals surface area contributed by atoms with E-state index in [2.05, 4.69) is 5.32 Å². The Bertz CT molecular complexity index is 1490. The Morgan fingerprint density at radius 3 is 2.31 bits per heavy atom. The third kappa shape index (κ3) is 8.08. The first-order chi connectivity index (χ1) is 20.0. The van der Waals surface area contributed by atoms with Crippen molar-refractivity contribution < 1.29 is 27.5 Å². The topological polar surface area (TPSA) is 105 Å². The Morgan fingerprint density at radius 1 is 0.976 bits per heavy atom. The normalized spacial score (nSPS) is 11.9. The van der Waals surface area contributed by atoms with E-state index in [1.54, 1.807) is 55.5 Å². The first kappa shape index (κ1) is 33.0. The number of hydrogen-bond acceptors (Lipinski definition) is 6. The molecule has 0 unspecified atom stereocenters. The fraction of sp³-hybridized carbons (Fsp3) is 0.333. The minimum Gasteiger partial charge on any atom is -0.497 e. The van der Waals surface area contributed by atoms with Crippen LogP contribution in [0.3, 0.4) is 0 Å². The molecule has 1 atom stereocenters. The van der Waals surface area contributed by atoms with Crippen molar-refractivity contribution >= 4 is 50.7 Å². The van der Waals surface area contributed by atoms with Crippen molar-refractivity contribution in [1.82, 2.24) is 10.2 Å². The van der Waals surface area contributed by atoms with Gasteiger partial charge < -0.3 is 19.7 Å². The van der Waals surface area contributed by atoms with Gasteiger partial charge in [-0.15, -0.1) is 0 Å². The van der Waals surface area contributed by atoms with Crippen molar-refractivity contribution in [2.75, 3.05) is 31.6 Å². The summed E-state index contributed by atoms with van der Waals surface area (Å²) in [5.41, 5.74) is 0.637. The fourth-order valence-electron chi connectivity index (χ4n) is 4.18. The molecule has 1 N–H and O–H groups in total. The number of halogens is 2. The standard InChI is InChI=1S/C30H35Cl2N3O6S/c1-5-6-16-33-30(37)21(2)34(19-22-12-13-23(31)17-26(22)32)29(36)20-35(42(38,39)25-10-8-7-9-11-25)27-18-24(40-3)14-15-28(27)41-4/h7-15,17-18,21H,5-6,16,19-20H2,1-4H3,(H,33,37)/t21-/m0/s1. The van der Waals surface area contributed by atoms with Crippen LogP contribution in [-0.2, 0) is 26.2 Å². The van der Waals surface area contributed by atoms with E-state index in [-0.39, 0.29) is 28.8 Å². The van der Waals surface area contributed by atoms with Crippen molar-refractivity contribution in [2.45, 2.75) is 44.2 Å². The summed E-state index contributed by atoms with van der Waals surface area (Å²) in [5, 5.41) is 3.57. The highest BCUT2D eigenvalue weighted by atomic mass is 35.5. The van der Waals surface area contributed by atoms with Gasteiger partial charge in [-0.1, -0.05) is 60.8 Å². The molecule has 0 saturated heterocycles. The number of nitrogens with zero attached hydrogens (tertiary/aromatic N) is 2. The van der Waals surface area contributed by atoms with Gasteiger partial charge in [0.05, 0.1) is 24.8 Å². The number of sulfonamides is 1. The minimum atomic E-state index is -4.28. The van der Waals surface area contributed by atoms with E-state index in [4.69, 9.17) is 32.7 Å². The second-order valence-corrected chi connectivity index (χ2v) is 12.1. The molecule has 42 heavy (non-hydrogen) atoms. The van der Waals surface area contributed by atoms with Gasteiger partial charge in [-0.25, -0.2) is 8.42 Å².